The molecule has 0 unspecified atom stereocenters. The normalized spacial score (nSPS) is 11.6. The van der Waals surface area contributed by atoms with Crippen molar-refractivity contribution in [3.63, 3.8) is 0 Å². The van der Waals surface area contributed by atoms with Gasteiger partial charge < -0.3 is 0 Å². The van der Waals surface area contributed by atoms with E-state index in [0.717, 1.165) is 10.9 Å². The van der Waals surface area contributed by atoms with Gasteiger partial charge in [0.2, 0.25) is 0 Å². The molecule has 1 aromatic heterocycles. The van der Waals surface area contributed by atoms with Crippen LogP contribution in [0.1, 0.15) is 16.7 Å². The number of aryl methyl sites for hydroxylation is 1. The third kappa shape index (κ3) is 5.26. The summed E-state index contributed by atoms with van der Waals surface area (Å²) in [6, 6.07) is 10.8. The van der Waals surface area contributed by atoms with Gasteiger partial charge in [-0.1, -0.05) is 29.3 Å². The zero-order valence-corrected chi connectivity index (χ0v) is 18.4. The number of aromatic nitrogens is 2. The summed E-state index contributed by atoms with van der Waals surface area (Å²) < 4.78 is 42.4. The molecule has 0 aliphatic heterocycles. The molecular weight excluding hydrogens is 454 g/mol. The summed E-state index contributed by atoms with van der Waals surface area (Å²) in [6.45, 7) is 1.09. The Balaban J connectivity index is 2.14. The van der Waals surface area contributed by atoms with Crippen LogP contribution in [0.25, 0.3) is 11.3 Å². The third-order valence-corrected chi connectivity index (χ3v) is 5.55. The molecule has 0 saturated carbocycles. The Morgan fingerprint density at radius 2 is 1.80 bits per heavy atom. The second-order valence-corrected chi connectivity index (χ2v) is 9.11. The predicted molar refractivity (Wildman–Crippen MR) is 114 cm³/mol. The average Bonchev–Trinajstić information content (AvgIpc) is 2.66. The molecule has 10 heteroatoms. The minimum Gasteiger partial charge on any atom is -0.267 e. The van der Waals surface area contributed by atoms with Gasteiger partial charge >= 0.3 is 0 Å². The van der Waals surface area contributed by atoms with Crippen LogP contribution in [0.4, 0.5) is 4.39 Å². The molecule has 0 bridgehead atoms. The zero-order chi connectivity index (χ0) is 22.1. The summed E-state index contributed by atoms with van der Waals surface area (Å²) in [5.74, 6) is -0.379. The predicted octanol–water partition coefficient (Wildman–Crippen LogP) is 4.19. The fraction of sp³-hybridized carbons (Fsp3) is 0.200. The Morgan fingerprint density at radius 3 is 2.40 bits per heavy atom. The van der Waals surface area contributed by atoms with Gasteiger partial charge in [0.15, 0.2) is 0 Å². The third-order valence-electron chi connectivity index (χ3n) is 4.30. The first-order valence-electron chi connectivity index (χ1n) is 8.70. The molecule has 3 rings (SSSR count). The highest BCUT2D eigenvalue weighted by Crippen LogP contribution is 2.25. The van der Waals surface area contributed by atoms with Gasteiger partial charge in [-0.2, -0.15) is 13.5 Å². The smallest absolute Gasteiger partial charge is 0.267 e. The van der Waals surface area contributed by atoms with Crippen LogP contribution in [-0.2, 0) is 27.5 Å². The lowest BCUT2D eigenvalue weighted by Gasteiger charge is -2.13. The summed E-state index contributed by atoms with van der Waals surface area (Å²) in [7, 11) is -3.77. The Bertz CT molecular complexity index is 1260. The lowest BCUT2D eigenvalue weighted by molar-refractivity contribution is 0.308. The largest absolute Gasteiger partial charge is 0.272 e. The number of nitrogens with zero attached hydrogens (tertiary/aromatic N) is 2. The van der Waals surface area contributed by atoms with E-state index in [1.807, 2.05) is 0 Å². The molecule has 0 saturated heterocycles. The molecule has 6 nitrogen and oxygen atoms in total. The Hall–Kier alpha value is -2.26. The molecule has 158 valence electrons. The van der Waals surface area contributed by atoms with Gasteiger partial charge in [0, 0.05) is 26.7 Å². The van der Waals surface area contributed by atoms with E-state index in [2.05, 4.69) is 5.10 Å². The topological polar surface area (TPSA) is 78.3 Å². The van der Waals surface area contributed by atoms with Crippen molar-refractivity contribution in [3.8, 4) is 11.3 Å². The van der Waals surface area contributed by atoms with E-state index in [0.29, 0.717) is 32.4 Å². The van der Waals surface area contributed by atoms with Crippen molar-refractivity contribution in [1.82, 2.24) is 9.78 Å². The quantitative estimate of drug-likeness (QED) is 0.504. The fourth-order valence-corrected chi connectivity index (χ4v) is 3.61. The molecular formula is C20H17Cl2FN2O4S. The van der Waals surface area contributed by atoms with Crippen molar-refractivity contribution in [2.45, 2.75) is 20.1 Å². The molecule has 2 aromatic carbocycles. The van der Waals surface area contributed by atoms with E-state index >= 15 is 0 Å². The van der Waals surface area contributed by atoms with Crippen LogP contribution in [0.3, 0.4) is 0 Å². The zero-order valence-electron chi connectivity index (χ0n) is 16.0. The molecule has 0 N–H and O–H groups in total. The van der Waals surface area contributed by atoms with Gasteiger partial charge in [-0.25, -0.2) is 9.07 Å². The van der Waals surface area contributed by atoms with Crippen LogP contribution in [0.15, 0.2) is 47.3 Å². The summed E-state index contributed by atoms with van der Waals surface area (Å²) in [6.07, 6.45) is 0.889. The van der Waals surface area contributed by atoms with Crippen LogP contribution in [0.2, 0.25) is 10.0 Å². The van der Waals surface area contributed by atoms with Crippen molar-refractivity contribution in [2.24, 2.45) is 0 Å². The first-order valence-corrected chi connectivity index (χ1v) is 11.3. The second kappa shape index (κ2) is 8.85. The van der Waals surface area contributed by atoms with E-state index in [1.165, 1.54) is 18.2 Å². The van der Waals surface area contributed by atoms with Crippen LogP contribution in [0.5, 0.6) is 0 Å². The van der Waals surface area contributed by atoms with Gasteiger partial charge in [-0.3, -0.25) is 8.98 Å². The first kappa shape index (κ1) is 22.4. The summed E-state index contributed by atoms with van der Waals surface area (Å²) in [5, 5.41) is 5.06. The molecule has 0 aliphatic carbocycles. The van der Waals surface area contributed by atoms with Crippen molar-refractivity contribution in [3.05, 3.63) is 85.4 Å². The minimum absolute atomic E-state index is 0.0444. The van der Waals surface area contributed by atoms with E-state index in [4.69, 9.17) is 27.4 Å². The Kier molecular flexibility index (Phi) is 6.62. The van der Waals surface area contributed by atoms with Crippen LogP contribution < -0.4 is 5.56 Å². The van der Waals surface area contributed by atoms with E-state index in [1.54, 1.807) is 31.2 Å². The average molecular weight is 471 g/mol. The van der Waals surface area contributed by atoms with E-state index in [-0.39, 0.29) is 17.9 Å². The SMILES string of the molecule is Cc1cc(-c2cc(COS(C)(=O)=O)c(=O)n(Cc3c(Cl)cccc3Cl)n2)ccc1F. The standard InChI is InChI=1S/C20H17Cl2FN2O4S/c1-12-8-13(6-7-18(12)23)19-9-14(11-29-30(2,27)28)20(26)25(24-19)10-15-16(21)4-3-5-17(15)22/h3-9H,10-11H2,1-2H3. The number of hydrogen-bond acceptors (Lipinski definition) is 5. The highest BCUT2D eigenvalue weighted by molar-refractivity contribution is 7.85. The van der Waals surface area contributed by atoms with Crippen LogP contribution in [-0.4, -0.2) is 24.5 Å². The number of rotatable bonds is 6. The highest BCUT2D eigenvalue weighted by atomic mass is 35.5. The van der Waals surface area contributed by atoms with Crippen molar-refractivity contribution in [2.75, 3.05) is 6.26 Å². The highest BCUT2D eigenvalue weighted by Gasteiger charge is 2.16. The maximum atomic E-state index is 13.7. The molecule has 0 spiro atoms. The molecule has 3 aromatic rings. The van der Waals surface area contributed by atoms with E-state index < -0.39 is 22.3 Å². The van der Waals surface area contributed by atoms with Crippen molar-refractivity contribution >= 4 is 33.3 Å². The Morgan fingerprint density at radius 1 is 1.13 bits per heavy atom. The number of hydrogen-bond donors (Lipinski definition) is 0. The summed E-state index contributed by atoms with van der Waals surface area (Å²) in [5.41, 5.74) is 1.28. The second-order valence-electron chi connectivity index (χ2n) is 6.65. The maximum absolute atomic E-state index is 13.7. The molecule has 1 heterocycles. The summed E-state index contributed by atoms with van der Waals surface area (Å²) >= 11 is 12.4. The molecule has 0 amide bonds. The monoisotopic (exact) mass is 470 g/mol. The molecule has 0 fully saturated rings. The fourth-order valence-electron chi connectivity index (χ4n) is 2.76. The van der Waals surface area contributed by atoms with Gasteiger partial charge in [-0.15, -0.1) is 0 Å². The van der Waals surface area contributed by atoms with Crippen LogP contribution >= 0.6 is 23.2 Å². The van der Waals surface area contributed by atoms with Gasteiger partial charge in [0.1, 0.15) is 5.82 Å². The summed E-state index contributed by atoms with van der Waals surface area (Å²) in [4.78, 5) is 12.9. The molecule has 0 aliphatic rings. The van der Waals surface area contributed by atoms with E-state index in [9.17, 15) is 17.6 Å². The first-order chi connectivity index (χ1) is 14.0. The van der Waals surface area contributed by atoms with Gasteiger partial charge in [0.05, 0.1) is 25.1 Å². The molecule has 30 heavy (non-hydrogen) atoms. The maximum Gasteiger partial charge on any atom is 0.272 e. The lowest BCUT2D eigenvalue weighted by Crippen LogP contribution is -2.28. The lowest BCUT2D eigenvalue weighted by atomic mass is 10.1. The van der Waals surface area contributed by atoms with Gasteiger partial charge in [0.25, 0.3) is 15.7 Å². The number of halogens is 3. The minimum atomic E-state index is -3.77. The Labute approximate surface area is 183 Å². The van der Waals surface area contributed by atoms with Crippen LogP contribution in [0, 0.1) is 12.7 Å². The van der Waals surface area contributed by atoms with Crippen molar-refractivity contribution in [1.29, 1.82) is 0 Å². The van der Waals surface area contributed by atoms with Gasteiger partial charge in [-0.05, 0) is 48.9 Å². The molecule has 0 atom stereocenters. The number of benzene rings is 2. The van der Waals surface area contributed by atoms with Crippen molar-refractivity contribution < 1.29 is 17.0 Å². The molecule has 0 radical (unpaired) electrons.